The summed E-state index contributed by atoms with van der Waals surface area (Å²) in [6.45, 7) is 1.61. The number of hydrogen-bond donors (Lipinski definition) is 0. The SMILES string of the molecule is CCOC(=O)Cc1cc(C(F)F)c(OC(F)(F)F)nc1CCl. The molecule has 10 heteroatoms. The first-order valence-electron chi connectivity index (χ1n) is 5.96. The molecule has 0 aliphatic carbocycles. The van der Waals surface area contributed by atoms with Gasteiger partial charge in [0.15, 0.2) is 0 Å². The zero-order chi connectivity index (χ0) is 16.9. The van der Waals surface area contributed by atoms with Gasteiger partial charge < -0.3 is 9.47 Å². The highest BCUT2D eigenvalue weighted by Crippen LogP contribution is 2.33. The molecule has 0 amide bonds. The van der Waals surface area contributed by atoms with Crippen LogP contribution in [0.2, 0.25) is 0 Å². The number of alkyl halides is 6. The van der Waals surface area contributed by atoms with Crippen LogP contribution in [0.25, 0.3) is 0 Å². The van der Waals surface area contributed by atoms with Gasteiger partial charge in [-0.1, -0.05) is 0 Å². The lowest BCUT2D eigenvalue weighted by molar-refractivity contribution is -0.276. The summed E-state index contributed by atoms with van der Waals surface area (Å²) >= 11 is 5.53. The lowest BCUT2D eigenvalue weighted by Gasteiger charge is -2.15. The molecule has 0 aromatic carbocycles. The van der Waals surface area contributed by atoms with Crippen LogP contribution in [0.1, 0.15) is 30.2 Å². The second-order valence-electron chi connectivity index (χ2n) is 3.95. The number of carbonyl (C=O) groups excluding carboxylic acids is 1. The predicted octanol–water partition coefficient (Wildman–Crippen LogP) is 3.76. The van der Waals surface area contributed by atoms with Crippen LogP contribution in [0.5, 0.6) is 5.88 Å². The van der Waals surface area contributed by atoms with Gasteiger partial charge in [0.05, 0.1) is 30.2 Å². The average Bonchev–Trinajstić information content (AvgIpc) is 2.38. The van der Waals surface area contributed by atoms with Gasteiger partial charge in [-0.2, -0.15) is 0 Å². The van der Waals surface area contributed by atoms with Crippen molar-refractivity contribution in [3.8, 4) is 5.88 Å². The summed E-state index contributed by atoms with van der Waals surface area (Å²) in [5.74, 6) is -2.40. The van der Waals surface area contributed by atoms with E-state index in [0.29, 0.717) is 6.07 Å². The quantitative estimate of drug-likeness (QED) is 0.446. The highest BCUT2D eigenvalue weighted by molar-refractivity contribution is 6.17. The van der Waals surface area contributed by atoms with Crippen LogP contribution in [-0.2, 0) is 21.8 Å². The molecular weight excluding hydrogens is 337 g/mol. The maximum absolute atomic E-state index is 12.9. The van der Waals surface area contributed by atoms with E-state index < -0.39 is 36.6 Å². The largest absolute Gasteiger partial charge is 0.574 e. The normalized spacial score (nSPS) is 11.6. The summed E-state index contributed by atoms with van der Waals surface area (Å²) in [6.07, 6.45) is -8.88. The van der Waals surface area contributed by atoms with Gasteiger partial charge >= 0.3 is 12.3 Å². The standard InChI is InChI=1S/C12H11ClF5NO3/c1-2-21-9(20)4-6-3-7(10(14)15)11(19-8(6)5-13)22-12(16,17)18/h3,10H,2,4-5H2,1H3. The van der Waals surface area contributed by atoms with Gasteiger partial charge in [0.2, 0.25) is 5.88 Å². The van der Waals surface area contributed by atoms with Gasteiger partial charge in [0.1, 0.15) is 0 Å². The molecule has 0 aliphatic rings. The van der Waals surface area contributed by atoms with Crippen LogP contribution in [0, 0.1) is 0 Å². The third-order valence-electron chi connectivity index (χ3n) is 2.40. The molecule has 4 nitrogen and oxygen atoms in total. The van der Waals surface area contributed by atoms with Crippen LogP contribution in [0.4, 0.5) is 22.0 Å². The maximum Gasteiger partial charge on any atom is 0.574 e. The number of halogens is 6. The highest BCUT2D eigenvalue weighted by Gasteiger charge is 2.35. The van der Waals surface area contributed by atoms with E-state index in [9.17, 15) is 26.7 Å². The molecule has 1 heterocycles. The monoisotopic (exact) mass is 347 g/mol. The Bertz CT molecular complexity index is 536. The van der Waals surface area contributed by atoms with Gasteiger partial charge in [-0.25, -0.2) is 13.8 Å². The Morgan fingerprint density at radius 1 is 1.41 bits per heavy atom. The first-order chi connectivity index (χ1) is 10.2. The van der Waals surface area contributed by atoms with Crippen molar-refractivity contribution in [2.75, 3.05) is 6.61 Å². The molecule has 0 bridgehead atoms. The molecular formula is C12H11ClF5NO3. The Balaban J connectivity index is 3.24. The molecule has 0 spiro atoms. The number of ether oxygens (including phenoxy) is 2. The van der Waals surface area contributed by atoms with E-state index in [0.717, 1.165) is 0 Å². The number of aromatic nitrogens is 1. The van der Waals surface area contributed by atoms with Crippen molar-refractivity contribution in [3.63, 3.8) is 0 Å². The van der Waals surface area contributed by atoms with Crippen LogP contribution in [0.15, 0.2) is 6.07 Å². The smallest absolute Gasteiger partial charge is 0.466 e. The van der Waals surface area contributed by atoms with E-state index in [2.05, 4.69) is 14.5 Å². The van der Waals surface area contributed by atoms with Crippen LogP contribution in [-0.4, -0.2) is 23.9 Å². The third-order valence-corrected chi connectivity index (χ3v) is 2.65. The molecule has 0 unspecified atom stereocenters. The summed E-state index contributed by atoms with van der Waals surface area (Å²) in [4.78, 5) is 14.7. The Morgan fingerprint density at radius 2 is 2.05 bits per heavy atom. The number of pyridine rings is 1. The summed E-state index contributed by atoms with van der Waals surface area (Å²) in [6, 6.07) is 0.716. The topological polar surface area (TPSA) is 48.4 Å². The third kappa shape index (κ3) is 5.28. The molecule has 0 atom stereocenters. The first-order valence-corrected chi connectivity index (χ1v) is 6.49. The zero-order valence-electron chi connectivity index (χ0n) is 11.2. The highest BCUT2D eigenvalue weighted by atomic mass is 35.5. The molecule has 0 saturated heterocycles. The van der Waals surface area contributed by atoms with E-state index in [-0.39, 0.29) is 23.7 Å². The first kappa shape index (κ1) is 18.4. The number of nitrogens with zero attached hydrogens (tertiary/aromatic N) is 1. The fraction of sp³-hybridized carbons (Fsp3) is 0.500. The fourth-order valence-corrected chi connectivity index (χ4v) is 1.81. The van der Waals surface area contributed by atoms with Crippen LogP contribution < -0.4 is 4.74 Å². The second-order valence-corrected chi connectivity index (χ2v) is 4.22. The molecule has 1 aromatic rings. The van der Waals surface area contributed by atoms with Gasteiger partial charge in [0.25, 0.3) is 6.43 Å². The minimum atomic E-state index is -5.18. The summed E-state index contributed by atoms with van der Waals surface area (Å²) < 4.78 is 70.5. The van der Waals surface area contributed by atoms with E-state index in [1.54, 1.807) is 6.92 Å². The van der Waals surface area contributed by atoms with E-state index in [4.69, 9.17) is 11.6 Å². The van der Waals surface area contributed by atoms with Gasteiger partial charge in [0, 0.05) is 0 Å². The summed E-state index contributed by atoms with van der Waals surface area (Å²) in [5.41, 5.74) is -1.29. The minimum absolute atomic E-state index is 0.0433. The van der Waals surface area contributed by atoms with Gasteiger partial charge in [-0.3, -0.25) is 4.79 Å². The molecule has 0 aliphatic heterocycles. The maximum atomic E-state index is 12.9. The van der Waals surface area contributed by atoms with Crippen molar-refractivity contribution in [1.82, 2.24) is 4.98 Å². The molecule has 124 valence electrons. The van der Waals surface area contributed by atoms with Gasteiger partial charge in [-0.05, 0) is 18.6 Å². The van der Waals surface area contributed by atoms with Crippen molar-refractivity contribution in [1.29, 1.82) is 0 Å². The molecule has 22 heavy (non-hydrogen) atoms. The average molecular weight is 348 g/mol. The second kappa shape index (κ2) is 7.57. The van der Waals surface area contributed by atoms with Crippen molar-refractivity contribution in [3.05, 3.63) is 22.9 Å². The summed E-state index contributed by atoms with van der Waals surface area (Å²) in [7, 11) is 0. The molecule has 1 rings (SSSR count). The van der Waals surface area contributed by atoms with Crippen LogP contribution in [0.3, 0.4) is 0 Å². The minimum Gasteiger partial charge on any atom is -0.466 e. The molecule has 0 saturated carbocycles. The van der Waals surface area contributed by atoms with E-state index >= 15 is 0 Å². The van der Waals surface area contributed by atoms with E-state index in [1.165, 1.54) is 0 Å². The zero-order valence-corrected chi connectivity index (χ0v) is 12.0. The molecule has 0 radical (unpaired) electrons. The Morgan fingerprint density at radius 3 is 2.50 bits per heavy atom. The van der Waals surface area contributed by atoms with Crippen molar-refractivity contribution >= 4 is 17.6 Å². The number of esters is 1. The van der Waals surface area contributed by atoms with Crippen molar-refractivity contribution in [2.45, 2.75) is 32.0 Å². The Labute approximate surface area is 127 Å². The Kier molecular flexibility index (Phi) is 6.34. The van der Waals surface area contributed by atoms with Crippen molar-refractivity contribution in [2.24, 2.45) is 0 Å². The number of rotatable bonds is 6. The Hall–Kier alpha value is -1.64. The number of hydrogen-bond acceptors (Lipinski definition) is 4. The molecule has 0 N–H and O–H groups in total. The lowest BCUT2D eigenvalue weighted by Crippen LogP contribution is -2.20. The number of carbonyl (C=O) groups is 1. The fourth-order valence-electron chi connectivity index (χ4n) is 1.58. The molecule has 0 fully saturated rings. The van der Waals surface area contributed by atoms with Gasteiger partial charge in [-0.15, -0.1) is 24.8 Å². The lowest BCUT2D eigenvalue weighted by atomic mass is 10.1. The van der Waals surface area contributed by atoms with Crippen molar-refractivity contribution < 1.29 is 36.2 Å². The summed E-state index contributed by atoms with van der Waals surface area (Å²) in [5, 5.41) is 0. The molecule has 1 aromatic heterocycles. The predicted molar refractivity (Wildman–Crippen MR) is 65.8 cm³/mol. The van der Waals surface area contributed by atoms with E-state index in [1.807, 2.05) is 0 Å². The van der Waals surface area contributed by atoms with Crippen LogP contribution >= 0.6 is 11.6 Å².